The van der Waals surface area contributed by atoms with E-state index in [1.165, 1.54) is 6.21 Å². The first kappa shape index (κ1) is 11.3. The molecule has 15 heavy (non-hydrogen) atoms. The number of rotatable bonds is 3. The summed E-state index contributed by atoms with van der Waals surface area (Å²) in [5, 5.41) is 9.18. The minimum atomic E-state index is -1.12. The molecule has 0 radical (unpaired) electrons. The van der Waals surface area contributed by atoms with Crippen molar-refractivity contribution in [3.8, 4) is 0 Å². The zero-order valence-corrected chi connectivity index (χ0v) is 8.48. The molecule has 4 nitrogen and oxygen atoms in total. The lowest BCUT2D eigenvalue weighted by atomic mass is 10.3. The Bertz CT molecular complexity index is 427. The molecule has 0 unspecified atom stereocenters. The number of carboxylic acid groups (broad SMARTS) is 1. The number of hydrogen-bond donors (Lipinski definition) is 2. The summed E-state index contributed by atoms with van der Waals surface area (Å²) in [7, 11) is 0. The molecule has 1 aromatic carbocycles. The van der Waals surface area contributed by atoms with Crippen molar-refractivity contribution in [3.63, 3.8) is 0 Å². The maximum absolute atomic E-state index is 10.6. The first-order chi connectivity index (χ1) is 7.13. The predicted octanol–water partition coefficient (Wildman–Crippen LogP) is 1.97. The van der Waals surface area contributed by atoms with Crippen LogP contribution in [0.2, 0.25) is 5.02 Å². The van der Waals surface area contributed by atoms with Crippen LogP contribution >= 0.6 is 11.6 Å². The molecule has 78 valence electrons. The second kappa shape index (κ2) is 5.17. The van der Waals surface area contributed by atoms with E-state index in [1.54, 1.807) is 24.3 Å². The Morgan fingerprint density at radius 3 is 2.80 bits per heavy atom. The minimum absolute atomic E-state index is 0.0741. The van der Waals surface area contributed by atoms with Gasteiger partial charge in [0.15, 0.2) is 0 Å². The second-order valence-electron chi connectivity index (χ2n) is 2.67. The van der Waals surface area contributed by atoms with E-state index in [-0.39, 0.29) is 5.57 Å². The Kier molecular flexibility index (Phi) is 3.88. The lowest BCUT2D eigenvalue weighted by molar-refractivity contribution is -0.132. The molecule has 1 rings (SSSR count). The summed E-state index contributed by atoms with van der Waals surface area (Å²) in [6, 6.07) is 6.76. The monoisotopic (exact) mass is 224 g/mol. The standard InChI is InChI=1S/C10H9ClN2O2/c11-8-2-1-3-9(4-8)13-6-7(5-12)10(14)15/h1-6H,12H2,(H,14,15). The van der Waals surface area contributed by atoms with Crippen molar-refractivity contribution in [1.29, 1.82) is 0 Å². The zero-order valence-electron chi connectivity index (χ0n) is 7.72. The van der Waals surface area contributed by atoms with Crippen LogP contribution in [0, 0.1) is 0 Å². The smallest absolute Gasteiger partial charge is 0.338 e. The quantitative estimate of drug-likeness (QED) is 0.609. The van der Waals surface area contributed by atoms with Crippen molar-refractivity contribution in [2.45, 2.75) is 0 Å². The normalized spacial score (nSPS) is 11.9. The van der Waals surface area contributed by atoms with Crippen LogP contribution < -0.4 is 5.73 Å². The molecular weight excluding hydrogens is 216 g/mol. The van der Waals surface area contributed by atoms with Gasteiger partial charge in [0, 0.05) is 17.4 Å². The molecule has 0 aromatic heterocycles. The molecule has 1 aromatic rings. The predicted molar refractivity (Wildman–Crippen MR) is 59.5 cm³/mol. The fourth-order valence-corrected chi connectivity index (χ4v) is 1.05. The highest BCUT2D eigenvalue weighted by atomic mass is 35.5. The van der Waals surface area contributed by atoms with E-state index >= 15 is 0 Å². The van der Waals surface area contributed by atoms with Crippen LogP contribution in [0.25, 0.3) is 0 Å². The number of benzene rings is 1. The average Bonchev–Trinajstić information content (AvgIpc) is 2.18. The number of nitrogens with zero attached hydrogens (tertiary/aromatic N) is 1. The Labute approximate surface area is 91.7 Å². The van der Waals surface area contributed by atoms with E-state index in [0.29, 0.717) is 10.7 Å². The van der Waals surface area contributed by atoms with Gasteiger partial charge in [-0.1, -0.05) is 17.7 Å². The molecule has 0 aliphatic carbocycles. The summed E-state index contributed by atoms with van der Waals surface area (Å²) >= 11 is 5.73. The molecule has 0 bridgehead atoms. The third-order valence-electron chi connectivity index (χ3n) is 1.59. The number of carboxylic acids is 1. The molecule has 0 atom stereocenters. The maximum Gasteiger partial charge on any atom is 0.338 e. The van der Waals surface area contributed by atoms with E-state index in [2.05, 4.69) is 4.99 Å². The number of halogens is 1. The van der Waals surface area contributed by atoms with Gasteiger partial charge in [0.1, 0.15) is 0 Å². The van der Waals surface area contributed by atoms with E-state index in [0.717, 1.165) is 6.20 Å². The van der Waals surface area contributed by atoms with E-state index in [9.17, 15) is 4.79 Å². The summed E-state index contributed by atoms with van der Waals surface area (Å²) < 4.78 is 0. The Morgan fingerprint density at radius 1 is 1.53 bits per heavy atom. The largest absolute Gasteiger partial charge is 0.478 e. The van der Waals surface area contributed by atoms with E-state index in [4.69, 9.17) is 22.4 Å². The average molecular weight is 225 g/mol. The highest BCUT2D eigenvalue weighted by Crippen LogP contribution is 2.17. The van der Waals surface area contributed by atoms with Crippen molar-refractivity contribution in [1.82, 2.24) is 0 Å². The van der Waals surface area contributed by atoms with Gasteiger partial charge in [0.05, 0.1) is 11.3 Å². The molecule has 0 saturated carbocycles. The topological polar surface area (TPSA) is 75.7 Å². The van der Waals surface area contributed by atoms with Crippen molar-refractivity contribution in [2.24, 2.45) is 10.7 Å². The lowest BCUT2D eigenvalue weighted by Gasteiger charge is -1.94. The van der Waals surface area contributed by atoms with Gasteiger partial charge < -0.3 is 10.8 Å². The lowest BCUT2D eigenvalue weighted by Crippen LogP contribution is -2.03. The summed E-state index contributed by atoms with van der Waals surface area (Å²) in [6.07, 6.45) is 2.16. The van der Waals surface area contributed by atoms with Crippen LogP contribution in [0.1, 0.15) is 0 Å². The molecule has 5 heteroatoms. The summed E-state index contributed by atoms with van der Waals surface area (Å²) in [6.45, 7) is 0. The first-order valence-corrected chi connectivity index (χ1v) is 4.46. The van der Waals surface area contributed by atoms with Crippen molar-refractivity contribution >= 4 is 29.5 Å². The second-order valence-corrected chi connectivity index (χ2v) is 3.10. The SMILES string of the molecule is NC=C(C=Nc1cccc(Cl)c1)C(=O)O. The van der Waals surface area contributed by atoms with Gasteiger partial charge in [-0.2, -0.15) is 0 Å². The fraction of sp³-hybridized carbons (Fsp3) is 0. The molecule has 0 aliphatic heterocycles. The van der Waals surface area contributed by atoms with Gasteiger partial charge in [0.2, 0.25) is 0 Å². The Balaban J connectivity index is 2.86. The third-order valence-corrected chi connectivity index (χ3v) is 1.82. The van der Waals surface area contributed by atoms with E-state index < -0.39 is 5.97 Å². The van der Waals surface area contributed by atoms with Crippen molar-refractivity contribution < 1.29 is 9.90 Å². The van der Waals surface area contributed by atoms with Gasteiger partial charge in [0.25, 0.3) is 0 Å². The minimum Gasteiger partial charge on any atom is -0.478 e. The molecule has 0 spiro atoms. The molecule has 0 heterocycles. The number of hydrogen-bond acceptors (Lipinski definition) is 3. The molecule has 0 saturated heterocycles. The Morgan fingerprint density at radius 2 is 2.27 bits per heavy atom. The van der Waals surface area contributed by atoms with Gasteiger partial charge in [-0.05, 0) is 18.2 Å². The van der Waals surface area contributed by atoms with Crippen LogP contribution in [-0.2, 0) is 4.79 Å². The highest BCUT2D eigenvalue weighted by Gasteiger charge is 2.01. The van der Waals surface area contributed by atoms with Gasteiger partial charge in [-0.3, -0.25) is 4.99 Å². The molecular formula is C10H9ClN2O2. The molecule has 0 amide bonds. The first-order valence-electron chi connectivity index (χ1n) is 4.08. The van der Waals surface area contributed by atoms with Crippen LogP contribution in [0.15, 0.2) is 41.0 Å². The Hall–Kier alpha value is -1.81. The third kappa shape index (κ3) is 3.44. The van der Waals surface area contributed by atoms with Crippen LogP contribution in [0.5, 0.6) is 0 Å². The van der Waals surface area contributed by atoms with Gasteiger partial charge in [-0.25, -0.2) is 4.79 Å². The van der Waals surface area contributed by atoms with Crippen LogP contribution in [-0.4, -0.2) is 17.3 Å². The molecule has 0 aliphatic rings. The number of carbonyl (C=O) groups is 1. The zero-order chi connectivity index (χ0) is 11.3. The van der Waals surface area contributed by atoms with Crippen LogP contribution in [0.4, 0.5) is 5.69 Å². The molecule has 0 fully saturated rings. The summed E-state index contributed by atoms with van der Waals surface area (Å²) in [4.78, 5) is 14.5. The molecule has 3 N–H and O–H groups in total. The van der Waals surface area contributed by atoms with Crippen molar-refractivity contribution in [3.05, 3.63) is 41.1 Å². The van der Waals surface area contributed by atoms with Gasteiger partial charge >= 0.3 is 5.97 Å². The summed E-state index contributed by atoms with van der Waals surface area (Å²) in [5.41, 5.74) is 5.61. The highest BCUT2D eigenvalue weighted by molar-refractivity contribution is 6.30. The van der Waals surface area contributed by atoms with E-state index in [1.807, 2.05) is 0 Å². The van der Waals surface area contributed by atoms with Gasteiger partial charge in [-0.15, -0.1) is 0 Å². The maximum atomic E-state index is 10.6. The number of nitrogens with two attached hydrogens (primary N) is 1. The fourth-order valence-electron chi connectivity index (χ4n) is 0.870. The van der Waals surface area contributed by atoms with Crippen molar-refractivity contribution in [2.75, 3.05) is 0 Å². The number of aliphatic carboxylic acids is 1. The van der Waals surface area contributed by atoms with Crippen LogP contribution in [0.3, 0.4) is 0 Å². The summed E-state index contributed by atoms with van der Waals surface area (Å²) in [5.74, 6) is -1.12. The number of aliphatic imine (C=N–C) groups is 1.